The highest BCUT2D eigenvalue weighted by molar-refractivity contribution is 8.13. The Morgan fingerprint density at radius 3 is 2.57 bits per heavy atom. The van der Waals surface area contributed by atoms with Crippen LogP contribution in [0.3, 0.4) is 0 Å². The number of hydrazone groups is 1. The van der Waals surface area contributed by atoms with Crippen molar-refractivity contribution in [3.8, 4) is 11.5 Å². The summed E-state index contributed by atoms with van der Waals surface area (Å²) in [5, 5.41) is 11.3. The van der Waals surface area contributed by atoms with E-state index in [9.17, 15) is 4.79 Å². The Balaban J connectivity index is 1.61. The van der Waals surface area contributed by atoms with Gasteiger partial charge < -0.3 is 4.74 Å². The lowest BCUT2D eigenvalue weighted by atomic mass is 10.1. The van der Waals surface area contributed by atoms with Gasteiger partial charge in [0, 0.05) is 10.8 Å². The number of ether oxygens (including phenoxy) is 1. The number of fused-ring (bicyclic) bond motifs is 2. The number of hydrogen-bond donors (Lipinski definition) is 1. The summed E-state index contributed by atoms with van der Waals surface area (Å²) in [4.78, 5) is 17.8. The van der Waals surface area contributed by atoms with Gasteiger partial charge in [-0.1, -0.05) is 60.3 Å². The molecule has 2 aliphatic heterocycles. The summed E-state index contributed by atoms with van der Waals surface area (Å²) < 4.78 is 5.99. The predicted octanol–water partition coefficient (Wildman–Crippen LogP) is 2.98. The molecule has 0 saturated carbocycles. The summed E-state index contributed by atoms with van der Waals surface area (Å²) in [6.45, 7) is 0. The fraction of sp³-hybridized carbons (Fsp3) is 0.0870. The van der Waals surface area contributed by atoms with E-state index in [2.05, 4.69) is 10.4 Å². The van der Waals surface area contributed by atoms with Gasteiger partial charge in [-0.05, 0) is 36.6 Å². The number of carbonyl (C=O) groups is 1. The molecule has 148 valence electrons. The smallest absolute Gasteiger partial charge is 0.276 e. The minimum atomic E-state index is -0.470. The zero-order valence-corrected chi connectivity index (χ0v) is 17.0. The summed E-state index contributed by atoms with van der Waals surface area (Å²) in [5.41, 5.74) is 1.38. The van der Waals surface area contributed by atoms with Crippen molar-refractivity contribution in [2.24, 2.45) is 10.1 Å². The summed E-state index contributed by atoms with van der Waals surface area (Å²) in [5.74, 6) is 1.27. The Labute approximate surface area is 177 Å². The molecule has 1 amide bonds. The quantitative estimate of drug-likeness (QED) is 0.716. The number of para-hydroxylation sites is 2. The van der Waals surface area contributed by atoms with E-state index < -0.39 is 6.17 Å². The van der Waals surface area contributed by atoms with E-state index in [0.29, 0.717) is 16.6 Å². The van der Waals surface area contributed by atoms with Crippen molar-refractivity contribution < 1.29 is 9.53 Å². The van der Waals surface area contributed by atoms with Gasteiger partial charge in [-0.3, -0.25) is 15.1 Å². The first kappa shape index (κ1) is 18.4. The van der Waals surface area contributed by atoms with E-state index in [4.69, 9.17) is 9.73 Å². The molecule has 0 aliphatic carbocycles. The number of benzene rings is 3. The van der Waals surface area contributed by atoms with E-state index >= 15 is 0 Å². The lowest BCUT2D eigenvalue weighted by Crippen LogP contribution is -2.50. The molecule has 3 aromatic rings. The predicted molar refractivity (Wildman–Crippen MR) is 117 cm³/mol. The number of amides is 1. The Kier molecular flexibility index (Phi) is 4.72. The fourth-order valence-corrected chi connectivity index (χ4v) is 3.86. The maximum Gasteiger partial charge on any atom is 0.276 e. The minimum absolute atomic E-state index is 0.182. The lowest BCUT2D eigenvalue weighted by molar-refractivity contribution is -0.116. The average Bonchev–Trinajstić information content (AvgIpc) is 2.79. The lowest BCUT2D eigenvalue weighted by Gasteiger charge is -2.34. The molecule has 5 rings (SSSR count). The molecule has 1 N–H and O–H groups in total. The normalized spacial score (nSPS) is 17.3. The molecule has 0 unspecified atom stereocenters. The van der Waals surface area contributed by atoms with Crippen LogP contribution in [0.4, 0.5) is 0 Å². The first-order valence-electron chi connectivity index (χ1n) is 9.46. The van der Waals surface area contributed by atoms with Gasteiger partial charge in [-0.2, -0.15) is 0 Å². The number of carbonyl (C=O) groups excluding carboxylic acids is 1. The van der Waals surface area contributed by atoms with Crippen molar-refractivity contribution in [3.63, 3.8) is 0 Å². The summed E-state index contributed by atoms with van der Waals surface area (Å²) in [6.07, 6.45) is 1.41. The number of thioether (sulfide) groups is 1. The van der Waals surface area contributed by atoms with E-state index in [1.165, 1.54) is 11.8 Å². The molecule has 6 nitrogen and oxygen atoms in total. The molecule has 30 heavy (non-hydrogen) atoms. The third-order valence-electron chi connectivity index (χ3n) is 4.84. The standard InChI is InChI=1S/C23H18N4O2S/c1-30-23-25-22(28)20-18-12-5-6-13-19(18)24-21(27(20)26-23)15-8-7-11-17(14-15)29-16-9-3-2-4-10-16/h2-14,21H,1H3,(H,25,26,28)/t21-/m1/s1. The van der Waals surface area contributed by atoms with Crippen molar-refractivity contribution in [1.29, 1.82) is 0 Å². The largest absolute Gasteiger partial charge is 0.457 e. The van der Waals surface area contributed by atoms with Gasteiger partial charge in [0.15, 0.2) is 11.3 Å². The van der Waals surface area contributed by atoms with Crippen LogP contribution in [-0.4, -0.2) is 22.3 Å². The molecule has 0 spiro atoms. The monoisotopic (exact) mass is 414 g/mol. The van der Waals surface area contributed by atoms with Crippen molar-refractivity contribution in [2.75, 3.05) is 6.26 Å². The van der Waals surface area contributed by atoms with Crippen LogP contribution in [-0.2, 0) is 4.79 Å². The van der Waals surface area contributed by atoms with E-state index in [1.807, 2.05) is 85.1 Å². The number of nitrogens with one attached hydrogen (secondary N) is 1. The van der Waals surface area contributed by atoms with Gasteiger partial charge in [0.05, 0.1) is 5.36 Å². The van der Waals surface area contributed by atoms with Crippen molar-refractivity contribution in [2.45, 2.75) is 6.17 Å². The highest BCUT2D eigenvalue weighted by Crippen LogP contribution is 2.33. The van der Waals surface area contributed by atoms with E-state index in [0.717, 1.165) is 21.9 Å². The first-order chi connectivity index (χ1) is 14.7. The minimum Gasteiger partial charge on any atom is -0.457 e. The molecular formula is C23H18N4O2S. The zero-order valence-electron chi connectivity index (χ0n) is 16.1. The molecule has 2 heterocycles. The number of nitrogens with zero attached hydrogens (tertiary/aromatic N) is 3. The molecule has 0 aromatic heterocycles. The summed E-state index contributed by atoms with van der Waals surface area (Å²) in [7, 11) is 0. The first-order valence-corrected chi connectivity index (χ1v) is 10.7. The molecule has 2 aliphatic rings. The third kappa shape index (κ3) is 3.33. The summed E-state index contributed by atoms with van der Waals surface area (Å²) in [6, 6.07) is 25.0. The topological polar surface area (TPSA) is 66.3 Å². The van der Waals surface area contributed by atoms with Crippen LogP contribution in [0.15, 0.2) is 89.0 Å². The van der Waals surface area contributed by atoms with Crippen LogP contribution in [0.25, 0.3) is 5.70 Å². The SMILES string of the molecule is CSC1=NN2C(=c3ccccc3=N[C@H]2c2cccc(Oc3ccccc3)c2)C(=O)N1. The van der Waals surface area contributed by atoms with Gasteiger partial charge in [-0.25, -0.2) is 5.01 Å². The second-order valence-corrected chi connectivity index (χ2v) is 7.56. The molecule has 0 bridgehead atoms. The molecule has 0 saturated heterocycles. The molecule has 1 atom stereocenters. The number of amidine groups is 1. The van der Waals surface area contributed by atoms with Gasteiger partial charge >= 0.3 is 0 Å². The van der Waals surface area contributed by atoms with Gasteiger partial charge in [-0.15, -0.1) is 5.10 Å². The maximum absolute atomic E-state index is 12.9. The van der Waals surface area contributed by atoms with Crippen LogP contribution < -0.4 is 20.6 Å². The van der Waals surface area contributed by atoms with Crippen molar-refractivity contribution in [3.05, 3.63) is 95.0 Å². The van der Waals surface area contributed by atoms with Crippen LogP contribution in [0, 0.1) is 0 Å². The Bertz CT molecular complexity index is 1270. The number of rotatable bonds is 3. The fourth-order valence-electron chi connectivity index (χ4n) is 3.50. The summed E-state index contributed by atoms with van der Waals surface area (Å²) >= 11 is 1.39. The van der Waals surface area contributed by atoms with Crippen molar-refractivity contribution in [1.82, 2.24) is 10.3 Å². The van der Waals surface area contributed by atoms with Crippen molar-refractivity contribution >= 4 is 28.5 Å². The molecule has 0 fully saturated rings. The van der Waals surface area contributed by atoms with Gasteiger partial charge in [0.25, 0.3) is 5.91 Å². The van der Waals surface area contributed by atoms with Crippen LogP contribution >= 0.6 is 11.8 Å². The Morgan fingerprint density at radius 1 is 0.967 bits per heavy atom. The van der Waals surface area contributed by atoms with Crippen LogP contribution in [0.5, 0.6) is 11.5 Å². The van der Waals surface area contributed by atoms with Crippen LogP contribution in [0.1, 0.15) is 11.7 Å². The second kappa shape index (κ2) is 7.68. The number of hydrogen-bond acceptors (Lipinski definition) is 6. The highest BCUT2D eigenvalue weighted by atomic mass is 32.2. The van der Waals surface area contributed by atoms with Gasteiger partial charge in [0.2, 0.25) is 0 Å². The second-order valence-electron chi connectivity index (χ2n) is 6.76. The molecule has 7 heteroatoms. The van der Waals surface area contributed by atoms with Crippen LogP contribution in [0.2, 0.25) is 0 Å². The third-order valence-corrected chi connectivity index (χ3v) is 5.41. The molecule has 3 aromatic carbocycles. The Morgan fingerprint density at radius 2 is 1.73 bits per heavy atom. The molecule has 0 radical (unpaired) electrons. The zero-order chi connectivity index (χ0) is 20.5. The maximum atomic E-state index is 12.9. The Hall–Kier alpha value is -3.58. The molecular weight excluding hydrogens is 396 g/mol. The highest BCUT2D eigenvalue weighted by Gasteiger charge is 2.34. The average molecular weight is 414 g/mol. The van der Waals surface area contributed by atoms with E-state index in [-0.39, 0.29) is 5.91 Å². The van der Waals surface area contributed by atoms with Gasteiger partial charge in [0.1, 0.15) is 17.2 Å². The van der Waals surface area contributed by atoms with E-state index in [1.54, 1.807) is 5.01 Å².